The number of carbonyl (C=O) groups is 1. The van der Waals surface area contributed by atoms with Gasteiger partial charge >= 0.3 is 0 Å². The van der Waals surface area contributed by atoms with Crippen LogP contribution in [0.25, 0.3) is 0 Å². The Morgan fingerprint density at radius 2 is 1.76 bits per heavy atom. The molecule has 0 aliphatic heterocycles. The molecule has 1 atom stereocenters. The molecule has 2 N–H and O–H groups in total. The summed E-state index contributed by atoms with van der Waals surface area (Å²) in [5.41, 5.74) is 5.68. The van der Waals surface area contributed by atoms with E-state index in [1.54, 1.807) is 0 Å². The van der Waals surface area contributed by atoms with Crippen molar-refractivity contribution in [2.75, 3.05) is 13.6 Å². The fourth-order valence-corrected chi connectivity index (χ4v) is 2.58. The van der Waals surface area contributed by atoms with Crippen LogP contribution < -0.4 is 5.73 Å². The quantitative estimate of drug-likeness (QED) is 0.819. The van der Waals surface area contributed by atoms with Crippen molar-refractivity contribution < 1.29 is 4.79 Å². The van der Waals surface area contributed by atoms with Crippen LogP contribution in [0.4, 0.5) is 0 Å². The number of carbonyl (C=O) groups excluding carboxylic acids is 1. The summed E-state index contributed by atoms with van der Waals surface area (Å²) in [6.45, 7) is 7.24. The third kappa shape index (κ3) is 3.70. The van der Waals surface area contributed by atoms with Crippen LogP contribution in [0.5, 0.6) is 0 Å². The molecule has 1 rings (SSSR count). The normalized spacial score (nSPS) is 26.9. The molecule has 1 fully saturated rings. The second kappa shape index (κ2) is 6.39. The highest BCUT2D eigenvalue weighted by Gasteiger charge is 2.29. The van der Waals surface area contributed by atoms with Crippen molar-refractivity contribution in [1.29, 1.82) is 0 Å². The summed E-state index contributed by atoms with van der Waals surface area (Å²) < 4.78 is 0. The maximum absolute atomic E-state index is 12.3. The molecule has 0 spiro atoms. The van der Waals surface area contributed by atoms with Crippen LogP contribution in [0.15, 0.2) is 0 Å². The van der Waals surface area contributed by atoms with Crippen LogP contribution in [-0.4, -0.2) is 30.4 Å². The lowest BCUT2D eigenvalue weighted by Gasteiger charge is -2.34. The predicted molar refractivity (Wildman–Crippen MR) is 71.6 cm³/mol. The average molecular weight is 240 g/mol. The minimum absolute atomic E-state index is 0.240. The Morgan fingerprint density at radius 3 is 2.18 bits per heavy atom. The fraction of sp³-hybridized carbons (Fsp3) is 0.929. The SMILES string of the molecule is CC(C)C(C)N(C)C(=O)C1CCC(CN)CC1. The van der Waals surface area contributed by atoms with Gasteiger partial charge in [-0.05, 0) is 51.0 Å². The molecule has 1 aliphatic rings. The van der Waals surface area contributed by atoms with Crippen LogP contribution in [0.3, 0.4) is 0 Å². The zero-order valence-corrected chi connectivity index (χ0v) is 11.8. The van der Waals surface area contributed by atoms with Gasteiger partial charge in [-0.25, -0.2) is 0 Å². The highest BCUT2D eigenvalue weighted by Crippen LogP contribution is 2.29. The van der Waals surface area contributed by atoms with Crippen molar-refractivity contribution >= 4 is 5.91 Å². The third-order valence-electron chi connectivity index (χ3n) is 4.45. The van der Waals surface area contributed by atoms with Gasteiger partial charge in [0.05, 0.1) is 0 Å². The summed E-state index contributed by atoms with van der Waals surface area (Å²) in [4.78, 5) is 14.3. The molecule has 1 amide bonds. The Labute approximate surface area is 106 Å². The van der Waals surface area contributed by atoms with Crippen LogP contribution in [0, 0.1) is 17.8 Å². The minimum atomic E-state index is 0.240. The Hall–Kier alpha value is -0.570. The highest BCUT2D eigenvalue weighted by molar-refractivity contribution is 5.79. The van der Waals surface area contributed by atoms with Gasteiger partial charge in [0, 0.05) is 19.0 Å². The summed E-state index contributed by atoms with van der Waals surface area (Å²) in [6, 6.07) is 0.328. The van der Waals surface area contributed by atoms with Crippen LogP contribution in [0.2, 0.25) is 0 Å². The number of nitrogens with two attached hydrogens (primary N) is 1. The summed E-state index contributed by atoms with van der Waals surface area (Å²) in [5, 5.41) is 0. The maximum atomic E-state index is 12.3. The van der Waals surface area contributed by atoms with Gasteiger partial charge in [0.15, 0.2) is 0 Å². The second-order valence-corrected chi connectivity index (χ2v) is 5.89. The number of hydrogen-bond acceptors (Lipinski definition) is 2. The first kappa shape index (κ1) is 14.5. The third-order valence-corrected chi connectivity index (χ3v) is 4.45. The molecule has 0 saturated heterocycles. The smallest absolute Gasteiger partial charge is 0.225 e. The molecule has 17 heavy (non-hydrogen) atoms. The summed E-state index contributed by atoms with van der Waals surface area (Å²) in [5.74, 6) is 1.74. The molecule has 0 aromatic carbocycles. The standard InChI is InChI=1S/C14H28N2O/c1-10(2)11(3)16(4)14(17)13-7-5-12(9-15)6-8-13/h10-13H,5-9,15H2,1-4H3. The van der Waals surface area contributed by atoms with E-state index in [2.05, 4.69) is 20.8 Å². The van der Waals surface area contributed by atoms with Gasteiger partial charge in [-0.1, -0.05) is 13.8 Å². The van der Waals surface area contributed by atoms with Gasteiger partial charge < -0.3 is 10.6 Å². The molecule has 100 valence electrons. The number of amides is 1. The fourth-order valence-electron chi connectivity index (χ4n) is 2.58. The Morgan fingerprint density at radius 1 is 1.24 bits per heavy atom. The Balaban J connectivity index is 2.48. The molecule has 0 aromatic rings. The molecular formula is C14H28N2O. The van der Waals surface area contributed by atoms with Crippen molar-refractivity contribution in [3.05, 3.63) is 0 Å². The van der Waals surface area contributed by atoms with Crippen molar-refractivity contribution in [3.63, 3.8) is 0 Å². The zero-order valence-electron chi connectivity index (χ0n) is 11.8. The monoisotopic (exact) mass is 240 g/mol. The molecule has 3 nitrogen and oxygen atoms in total. The largest absolute Gasteiger partial charge is 0.343 e. The van der Waals surface area contributed by atoms with Gasteiger partial charge in [0.1, 0.15) is 0 Å². The van der Waals surface area contributed by atoms with Crippen molar-refractivity contribution in [2.45, 2.75) is 52.5 Å². The molecule has 1 aliphatic carbocycles. The van der Waals surface area contributed by atoms with E-state index in [0.29, 0.717) is 23.8 Å². The highest BCUT2D eigenvalue weighted by atomic mass is 16.2. The van der Waals surface area contributed by atoms with Gasteiger partial charge in [-0.2, -0.15) is 0 Å². The number of hydrogen-bond donors (Lipinski definition) is 1. The molecule has 0 bridgehead atoms. The van der Waals surface area contributed by atoms with Crippen LogP contribution in [0.1, 0.15) is 46.5 Å². The van der Waals surface area contributed by atoms with Crippen molar-refractivity contribution in [2.24, 2.45) is 23.5 Å². The lowest BCUT2D eigenvalue weighted by atomic mass is 9.81. The van der Waals surface area contributed by atoms with E-state index in [-0.39, 0.29) is 5.92 Å². The zero-order chi connectivity index (χ0) is 13.0. The van der Waals surface area contributed by atoms with Gasteiger partial charge in [0.25, 0.3) is 0 Å². The average Bonchev–Trinajstić information content (AvgIpc) is 2.36. The first-order valence-corrected chi connectivity index (χ1v) is 6.94. The molecule has 1 unspecified atom stereocenters. The maximum Gasteiger partial charge on any atom is 0.225 e. The molecule has 0 heterocycles. The van der Waals surface area contributed by atoms with E-state index in [4.69, 9.17) is 5.73 Å². The van der Waals surface area contributed by atoms with Crippen LogP contribution >= 0.6 is 0 Å². The first-order valence-electron chi connectivity index (χ1n) is 6.94. The van der Waals surface area contributed by atoms with Gasteiger partial charge in [-0.3, -0.25) is 4.79 Å². The summed E-state index contributed by atoms with van der Waals surface area (Å²) in [7, 11) is 1.95. The van der Waals surface area contributed by atoms with E-state index in [9.17, 15) is 4.79 Å². The molecule has 0 radical (unpaired) electrons. The van der Waals surface area contributed by atoms with E-state index in [0.717, 1.165) is 32.2 Å². The van der Waals surface area contributed by atoms with E-state index < -0.39 is 0 Å². The van der Waals surface area contributed by atoms with Crippen LogP contribution in [-0.2, 0) is 4.79 Å². The summed E-state index contributed by atoms with van der Waals surface area (Å²) in [6.07, 6.45) is 4.29. The molecule has 1 saturated carbocycles. The lowest BCUT2D eigenvalue weighted by Crippen LogP contribution is -2.42. The second-order valence-electron chi connectivity index (χ2n) is 5.89. The van der Waals surface area contributed by atoms with Crippen molar-refractivity contribution in [1.82, 2.24) is 4.90 Å². The topological polar surface area (TPSA) is 46.3 Å². The minimum Gasteiger partial charge on any atom is -0.343 e. The van der Waals surface area contributed by atoms with E-state index in [1.807, 2.05) is 11.9 Å². The molecule has 0 aromatic heterocycles. The molecular weight excluding hydrogens is 212 g/mol. The Kier molecular flexibility index (Phi) is 5.44. The van der Waals surface area contributed by atoms with E-state index >= 15 is 0 Å². The molecule has 3 heteroatoms. The van der Waals surface area contributed by atoms with E-state index in [1.165, 1.54) is 0 Å². The first-order chi connectivity index (χ1) is 7.97. The summed E-state index contributed by atoms with van der Waals surface area (Å²) >= 11 is 0. The van der Waals surface area contributed by atoms with Gasteiger partial charge in [0.2, 0.25) is 5.91 Å². The number of nitrogens with zero attached hydrogens (tertiary/aromatic N) is 1. The Bertz CT molecular complexity index is 245. The number of rotatable bonds is 4. The van der Waals surface area contributed by atoms with Gasteiger partial charge in [-0.15, -0.1) is 0 Å². The lowest BCUT2D eigenvalue weighted by molar-refractivity contribution is -0.138. The van der Waals surface area contributed by atoms with Crippen molar-refractivity contribution in [3.8, 4) is 0 Å². The predicted octanol–water partition coefficient (Wildman–Crippen LogP) is 2.25.